The maximum atomic E-state index is 3.72. The van der Waals surface area contributed by atoms with Gasteiger partial charge in [0.1, 0.15) is 0 Å². The molecule has 4 rings (SSSR count). The molecular formula is C28H28Zr. The summed E-state index contributed by atoms with van der Waals surface area (Å²) in [6.07, 6.45) is 0. The van der Waals surface area contributed by atoms with Crippen LogP contribution in [-0.4, -0.2) is 0 Å². The number of hydrogen-bond acceptors (Lipinski definition) is 0. The summed E-state index contributed by atoms with van der Waals surface area (Å²) < 4.78 is 0. The topological polar surface area (TPSA) is 0 Å². The first-order valence-electron chi connectivity index (χ1n) is 9.06. The first-order chi connectivity index (χ1) is 13.6. The van der Waals surface area contributed by atoms with E-state index in [0.717, 1.165) is 22.3 Å². The maximum Gasteiger partial charge on any atom is 4.00 e. The van der Waals surface area contributed by atoms with Crippen LogP contribution in [0.1, 0.15) is 22.3 Å². The quantitative estimate of drug-likeness (QED) is 0.247. The first kappa shape index (κ1) is 26.2. The molecule has 0 radical (unpaired) electrons. The Morgan fingerprint density at radius 2 is 0.414 bits per heavy atom. The molecule has 0 heterocycles. The summed E-state index contributed by atoms with van der Waals surface area (Å²) in [6, 6.07) is 39.5. The molecule has 0 saturated carbocycles. The fourth-order valence-corrected chi connectivity index (χ4v) is 1.91. The van der Waals surface area contributed by atoms with Gasteiger partial charge < -0.3 is 0 Å². The second kappa shape index (κ2) is 17.3. The van der Waals surface area contributed by atoms with Crippen molar-refractivity contribution < 1.29 is 26.2 Å². The maximum absolute atomic E-state index is 3.72. The van der Waals surface area contributed by atoms with Crippen LogP contribution in [0.25, 0.3) is 0 Å². The van der Waals surface area contributed by atoms with Gasteiger partial charge in [-0.2, -0.15) is 98.5 Å². The monoisotopic (exact) mass is 443 g/mol. The summed E-state index contributed by atoms with van der Waals surface area (Å²) in [5, 5.41) is 0. The van der Waals surface area contributed by atoms with Crippen molar-refractivity contribution in [2.45, 2.75) is 0 Å². The van der Waals surface area contributed by atoms with Crippen molar-refractivity contribution in [3.05, 3.63) is 171 Å². The summed E-state index contributed by atoms with van der Waals surface area (Å²) >= 11 is 0. The Kier molecular flexibility index (Phi) is 15.7. The van der Waals surface area contributed by atoms with Crippen molar-refractivity contribution in [3.8, 4) is 0 Å². The second-order valence-electron chi connectivity index (χ2n) is 5.94. The average Bonchev–Trinajstić information content (AvgIpc) is 2.72. The molecule has 0 saturated heterocycles. The number of hydrogen-bond donors (Lipinski definition) is 0. The predicted octanol–water partition coefficient (Wildman–Crippen LogP) is 7.47. The van der Waals surface area contributed by atoms with Gasteiger partial charge in [0.15, 0.2) is 0 Å². The van der Waals surface area contributed by atoms with Crippen LogP contribution in [0.5, 0.6) is 0 Å². The summed E-state index contributed by atoms with van der Waals surface area (Å²) in [5.41, 5.74) is 4.29. The Bertz CT molecular complexity index is 676. The molecule has 0 N–H and O–H groups in total. The SMILES string of the molecule is [79Zr+4].[CH2-]c1ccccc1.[CH2-]c1ccccc1.[CH2-]c1ccccc1.[CH2-]c1ccccc1. The summed E-state index contributed by atoms with van der Waals surface area (Å²) in [6.45, 7) is 14.9. The van der Waals surface area contributed by atoms with Crippen LogP contribution < -0.4 is 0 Å². The normalized spacial score (nSPS) is 8.28. The number of rotatable bonds is 0. The molecule has 0 amide bonds. The van der Waals surface area contributed by atoms with Gasteiger partial charge in [0, 0.05) is 0 Å². The van der Waals surface area contributed by atoms with E-state index in [1.54, 1.807) is 0 Å². The Balaban J connectivity index is 0.000000356. The molecule has 0 atom stereocenters. The minimum Gasteiger partial charge on any atom is -0.199 e. The molecule has 0 bridgehead atoms. The van der Waals surface area contributed by atoms with E-state index in [9.17, 15) is 0 Å². The fourth-order valence-electron chi connectivity index (χ4n) is 1.91. The molecule has 144 valence electrons. The average molecular weight is 443 g/mol. The summed E-state index contributed by atoms with van der Waals surface area (Å²) in [7, 11) is 0. The molecule has 0 spiro atoms. The third-order valence-corrected chi connectivity index (χ3v) is 3.37. The minimum absolute atomic E-state index is 0. The van der Waals surface area contributed by atoms with Crippen molar-refractivity contribution in [2.75, 3.05) is 0 Å². The molecule has 0 aromatic heterocycles. The van der Waals surface area contributed by atoms with Gasteiger partial charge in [0.2, 0.25) is 0 Å². The molecule has 0 fully saturated rings. The number of benzene rings is 4. The summed E-state index contributed by atoms with van der Waals surface area (Å²) in [5.74, 6) is 0. The van der Waals surface area contributed by atoms with Crippen LogP contribution in [0.3, 0.4) is 0 Å². The molecule has 0 aliphatic carbocycles. The van der Waals surface area contributed by atoms with Crippen molar-refractivity contribution in [1.82, 2.24) is 0 Å². The third kappa shape index (κ3) is 15.9. The van der Waals surface area contributed by atoms with Gasteiger partial charge in [-0.1, -0.05) is 24.3 Å². The summed E-state index contributed by atoms with van der Waals surface area (Å²) in [4.78, 5) is 0. The molecule has 0 aliphatic heterocycles. The van der Waals surface area contributed by atoms with Crippen molar-refractivity contribution in [1.29, 1.82) is 0 Å². The van der Waals surface area contributed by atoms with Crippen LogP contribution in [0.4, 0.5) is 0 Å². The van der Waals surface area contributed by atoms with E-state index in [4.69, 9.17) is 0 Å². The van der Waals surface area contributed by atoms with Crippen molar-refractivity contribution in [2.24, 2.45) is 0 Å². The van der Waals surface area contributed by atoms with Crippen LogP contribution in [0, 0.1) is 27.7 Å². The smallest absolute Gasteiger partial charge is 0.199 e. The molecule has 4 aromatic carbocycles. The minimum atomic E-state index is 0. The van der Waals surface area contributed by atoms with Gasteiger partial charge >= 0.3 is 26.2 Å². The van der Waals surface area contributed by atoms with E-state index < -0.39 is 0 Å². The van der Waals surface area contributed by atoms with E-state index in [0.29, 0.717) is 0 Å². The molecular weight excluding hydrogens is 415 g/mol. The Labute approximate surface area is 196 Å². The molecule has 0 nitrogen and oxygen atoms in total. The molecule has 1 heteroatoms. The van der Waals surface area contributed by atoms with Gasteiger partial charge in [-0.05, 0) is 0 Å². The first-order valence-corrected chi connectivity index (χ1v) is 9.06. The zero-order valence-electron chi connectivity index (χ0n) is 16.9. The zero-order valence-corrected chi connectivity index (χ0v) is 19.3. The largest absolute Gasteiger partial charge is 4.00 e. The van der Waals surface area contributed by atoms with E-state index in [1.165, 1.54) is 0 Å². The molecule has 0 unspecified atom stereocenters. The van der Waals surface area contributed by atoms with E-state index >= 15 is 0 Å². The fraction of sp³-hybridized carbons (Fsp3) is 0. The van der Waals surface area contributed by atoms with Gasteiger partial charge in [0.25, 0.3) is 0 Å². The van der Waals surface area contributed by atoms with Crippen LogP contribution >= 0.6 is 0 Å². The van der Waals surface area contributed by atoms with Crippen molar-refractivity contribution >= 4 is 0 Å². The van der Waals surface area contributed by atoms with E-state index in [-0.39, 0.29) is 26.2 Å². The van der Waals surface area contributed by atoms with E-state index in [2.05, 4.69) is 27.7 Å². The van der Waals surface area contributed by atoms with Crippen LogP contribution in [0.2, 0.25) is 0 Å². The molecule has 4 aromatic rings. The second-order valence-corrected chi connectivity index (χ2v) is 5.94. The van der Waals surface area contributed by atoms with Crippen LogP contribution in [0.15, 0.2) is 121 Å². The Hall–Kier alpha value is -2.76. The van der Waals surface area contributed by atoms with Crippen LogP contribution in [-0.2, 0) is 26.2 Å². The third-order valence-electron chi connectivity index (χ3n) is 3.37. The van der Waals surface area contributed by atoms with Gasteiger partial charge in [-0.15, -0.1) is 48.5 Å². The van der Waals surface area contributed by atoms with Gasteiger partial charge in [-0.25, -0.2) is 0 Å². The van der Waals surface area contributed by atoms with Gasteiger partial charge in [0.05, 0.1) is 0 Å². The Morgan fingerprint density at radius 1 is 0.276 bits per heavy atom. The molecule has 29 heavy (non-hydrogen) atoms. The van der Waals surface area contributed by atoms with E-state index in [1.807, 2.05) is 121 Å². The predicted molar refractivity (Wildman–Crippen MR) is 124 cm³/mol. The standard InChI is InChI=1S/4C7H7.Zr/c4*1-7-5-3-2-4-6-7;/h4*2-6H,1H2;/q4*-1;+4/i;;;;1-12. The van der Waals surface area contributed by atoms with Gasteiger partial charge in [-0.3, -0.25) is 0 Å². The van der Waals surface area contributed by atoms with Crippen molar-refractivity contribution in [3.63, 3.8) is 0 Å². The zero-order chi connectivity index (χ0) is 20.5. The Morgan fingerprint density at radius 3 is 0.483 bits per heavy atom. The molecule has 0 aliphatic rings.